The van der Waals surface area contributed by atoms with Crippen LogP contribution in [0, 0.1) is 0 Å². The molecule has 0 radical (unpaired) electrons. The monoisotopic (exact) mass is 527 g/mol. The highest BCUT2D eigenvalue weighted by Crippen LogP contribution is 2.40. The van der Waals surface area contributed by atoms with Gasteiger partial charge in [-0.3, -0.25) is 9.67 Å². The zero-order valence-corrected chi connectivity index (χ0v) is 21.2. The van der Waals surface area contributed by atoms with Crippen LogP contribution >= 0.6 is 22.9 Å². The van der Waals surface area contributed by atoms with E-state index >= 15 is 0 Å². The van der Waals surface area contributed by atoms with Crippen molar-refractivity contribution in [3.8, 4) is 22.0 Å². The summed E-state index contributed by atoms with van der Waals surface area (Å²) >= 11 is 7.68. The van der Waals surface area contributed by atoms with Crippen molar-refractivity contribution in [3.05, 3.63) is 81.8 Å². The van der Waals surface area contributed by atoms with Gasteiger partial charge in [0.15, 0.2) is 9.84 Å². The molecule has 0 aliphatic carbocycles. The molecule has 180 valence electrons. The molecule has 0 saturated carbocycles. The van der Waals surface area contributed by atoms with Gasteiger partial charge in [-0.2, -0.15) is 5.10 Å². The van der Waals surface area contributed by atoms with Gasteiger partial charge in [0, 0.05) is 18.2 Å². The molecule has 1 aromatic carbocycles. The number of carbonyl (C=O) groups is 1. The van der Waals surface area contributed by atoms with E-state index in [9.17, 15) is 13.2 Å². The Labute approximate surface area is 212 Å². The summed E-state index contributed by atoms with van der Waals surface area (Å²) in [4.78, 5) is 17.6. The van der Waals surface area contributed by atoms with Gasteiger partial charge in [0.05, 0.1) is 50.8 Å². The molecular formula is C25H22ClN3O4S2. The molecule has 4 aromatic rings. The lowest BCUT2D eigenvalue weighted by Crippen LogP contribution is -2.14. The lowest BCUT2D eigenvalue weighted by molar-refractivity contribution is 0.0600. The standard InChI is InChI=1S/C25H22ClN3O4S2/c1-33-25(30)17-6-4-5-16(13-17)14-19-23(21-8-9-22(26)34-21)28-29(18-10-12-35(31,32)15-18)24(19)20-7-2-3-11-27-20/h2-9,11,13,18H,10,12,14-15H2,1H3. The summed E-state index contributed by atoms with van der Waals surface area (Å²) < 4.78 is 32.0. The third kappa shape index (κ3) is 4.89. The third-order valence-electron chi connectivity index (χ3n) is 6.01. The molecular weight excluding hydrogens is 506 g/mol. The average molecular weight is 528 g/mol. The molecule has 0 bridgehead atoms. The predicted octanol–water partition coefficient (Wildman–Crippen LogP) is 5.06. The van der Waals surface area contributed by atoms with E-state index in [1.54, 1.807) is 18.3 Å². The number of methoxy groups -OCH3 is 1. The summed E-state index contributed by atoms with van der Waals surface area (Å²) in [5.74, 6) is -0.236. The highest BCUT2D eigenvalue weighted by Gasteiger charge is 2.34. The maximum atomic E-state index is 12.3. The number of rotatable bonds is 6. The molecule has 1 fully saturated rings. The van der Waals surface area contributed by atoms with Gasteiger partial charge in [-0.25, -0.2) is 13.2 Å². The van der Waals surface area contributed by atoms with Crippen LogP contribution in [0.1, 0.15) is 33.9 Å². The summed E-state index contributed by atoms with van der Waals surface area (Å²) in [7, 11) is -1.78. The van der Waals surface area contributed by atoms with Crippen LogP contribution < -0.4 is 0 Å². The van der Waals surface area contributed by atoms with E-state index in [1.807, 2.05) is 47.1 Å². The second kappa shape index (κ2) is 9.56. The van der Waals surface area contributed by atoms with Gasteiger partial charge in [0.1, 0.15) is 5.69 Å². The van der Waals surface area contributed by atoms with Gasteiger partial charge in [-0.15, -0.1) is 11.3 Å². The minimum Gasteiger partial charge on any atom is -0.465 e. The normalized spacial score (nSPS) is 16.9. The lowest BCUT2D eigenvalue weighted by Gasteiger charge is -2.14. The maximum absolute atomic E-state index is 12.3. The molecule has 5 rings (SSSR count). The number of esters is 1. The highest BCUT2D eigenvalue weighted by molar-refractivity contribution is 7.91. The Balaban J connectivity index is 1.71. The molecule has 7 nitrogen and oxygen atoms in total. The second-order valence-electron chi connectivity index (χ2n) is 8.36. The fourth-order valence-electron chi connectivity index (χ4n) is 4.41. The zero-order valence-electron chi connectivity index (χ0n) is 18.8. The van der Waals surface area contributed by atoms with E-state index in [0.717, 1.165) is 27.4 Å². The van der Waals surface area contributed by atoms with Crippen LogP contribution in [0.25, 0.3) is 22.0 Å². The molecule has 1 aliphatic rings. The van der Waals surface area contributed by atoms with Crippen molar-refractivity contribution in [2.75, 3.05) is 18.6 Å². The molecule has 0 spiro atoms. The molecule has 1 unspecified atom stereocenters. The predicted molar refractivity (Wildman–Crippen MR) is 137 cm³/mol. The van der Waals surface area contributed by atoms with E-state index in [4.69, 9.17) is 21.4 Å². The fourth-order valence-corrected chi connectivity index (χ4v) is 7.16. The maximum Gasteiger partial charge on any atom is 0.337 e. The van der Waals surface area contributed by atoms with E-state index in [0.29, 0.717) is 28.4 Å². The molecule has 1 saturated heterocycles. The van der Waals surface area contributed by atoms with Crippen molar-refractivity contribution in [2.45, 2.75) is 18.9 Å². The van der Waals surface area contributed by atoms with Crippen LogP contribution in [0.4, 0.5) is 0 Å². The van der Waals surface area contributed by atoms with Crippen molar-refractivity contribution < 1.29 is 17.9 Å². The van der Waals surface area contributed by atoms with E-state index in [2.05, 4.69) is 4.98 Å². The molecule has 0 N–H and O–H groups in total. The Hall–Kier alpha value is -3.01. The summed E-state index contributed by atoms with van der Waals surface area (Å²) in [6, 6.07) is 16.4. The summed E-state index contributed by atoms with van der Waals surface area (Å²) in [5, 5.41) is 4.96. The van der Waals surface area contributed by atoms with Gasteiger partial charge in [-0.05, 0) is 48.4 Å². The first-order chi connectivity index (χ1) is 16.8. The van der Waals surface area contributed by atoms with Crippen molar-refractivity contribution in [1.82, 2.24) is 14.8 Å². The van der Waals surface area contributed by atoms with Gasteiger partial charge in [0.2, 0.25) is 0 Å². The Kier molecular flexibility index (Phi) is 6.48. The summed E-state index contributed by atoms with van der Waals surface area (Å²) in [6.45, 7) is 0. The number of hydrogen-bond acceptors (Lipinski definition) is 7. The number of aromatic nitrogens is 3. The molecule has 35 heavy (non-hydrogen) atoms. The number of ether oxygens (including phenoxy) is 1. The largest absolute Gasteiger partial charge is 0.465 e. The van der Waals surface area contributed by atoms with Crippen molar-refractivity contribution in [3.63, 3.8) is 0 Å². The second-order valence-corrected chi connectivity index (χ2v) is 12.3. The Morgan fingerprint density at radius 3 is 2.71 bits per heavy atom. The Bertz CT molecular complexity index is 1500. The molecule has 4 heterocycles. The fraction of sp³-hybridized carbons (Fsp3) is 0.240. The Morgan fingerprint density at radius 2 is 2.06 bits per heavy atom. The number of benzene rings is 1. The van der Waals surface area contributed by atoms with Crippen molar-refractivity contribution in [1.29, 1.82) is 0 Å². The number of sulfone groups is 1. The third-order valence-corrected chi connectivity index (χ3v) is 8.99. The number of hydrogen-bond donors (Lipinski definition) is 0. The first kappa shape index (κ1) is 23.7. The summed E-state index contributed by atoms with van der Waals surface area (Å²) in [6.07, 6.45) is 2.66. The molecule has 0 amide bonds. The van der Waals surface area contributed by atoms with Gasteiger partial charge >= 0.3 is 5.97 Å². The topological polar surface area (TPSA) is 91.1 Å². The summed E-state index contributed by atoms with van der Waals surface area (Å²) in [5.41, 5.74) is 4.46. The van der Waals surface area contributed by atoms with E-state index < -0.39 is 15.8 Å². The van der Waals surface area contributed by atoms with Crippen LogP contribution in [0.5, 0.6) is 0 Å². The average Bonchev–Trinajstić information content (AvgIpc) is 3.55. The lowest BCUT2D eigenvalue weighted by atomic mass is 9.98. The van der Waals surface area contributed by atoms with E-state index in [1.165, 1.54) is 18.4 Å². The SMILES string of the molecule is COC(=O)c1cccc(Cc2c(-c3ccc(Cl)s3)nn(C3CCS(=O)(=O)C3)c2-c2ccccn2)c1. The number of thiophene rings is 1. The van der Waals surface area contributed by atoms with Crippen LogP contribution in [0.15, 0.2) is 60.8 Å². The first-order valence-corrected chi connectivity index (χ1v) is 14.0. The quantitative estimate of drug-likeness (QED) is 0.325. The van der Waals surface area contributed by atoms with Gasteiger partial charge in [-0.1, -0.05) is 29.8 Å². The molecule has 1 aliphatic heterocycles. The number of halogens is 1. The van der Waals surface area contributed by atoms with Crippen LogP contribution in [0.2, 0.25) is 4.34 Å². The Morgan fingerprint density at radius 1 is 1.20 bits per heavy atom. The highest BCUT2D eigenvalue weighted by atomic mass is 35.5. The molecule has 1 atom stereocenters. The van der Waals surface area contributed by atoms with Crippen LogP contribution in [-0.2, 0) is 21.0 Å². The number of nitrogens with zero attached hydrogens (tertiary/aromatic N) is 3. The van der Waals surface area contributed by atoms with Gasteiger partial charge < -0.3 is 4.74 Å². The number of carbonyl (C=O) groups excluding carboxylic acids is 1. The van der Waals surface area contributed by atoms with Crippen LogP contribution in [-0.4, -0.2) is 47.8 Å². The minimum atomic E-state index is -3.13. The van der Waals surface area contributed by atoms with Crippen molar-refractivity contribution in [2.24, 2.45) is 0 Å². The molecule has 10 heteroatoms. The smallest absolute Gasteiger partial charge is 0.337 e. The van der Waals surface area contributed by atoms with Crippen LogP contribution in [0.3, 0.4) is 0 Å². The zero-order chi connectivity index (χ0) is 24.6. The van der Waals surface area contributed by atoms with Crippen molar-refractivity contribution >= 4 is 38.7 Å². The minimum absolute atomic E-state index is 0.0381. The molecule has 3 aromatic heterocycles. The van der Waals surface area contributed by atoms with Gasteiger partial charge in [0.25, 0.3) is 0 Å². The number of pyridine rings is 1. The first-order valence-electron chi connectivity index (χ1n) is 11.0. The van der Waals surface area contributed by atoms with E-state index in [-0.39, 0.29) is 17.5 Å².